The summed E-state index contributed by atoms with van der Waals surface area (Å²) < 4.78 is 96.9. The summed E-state index contributed by atoms with van der Waals surface area (Å²) in [5, 5.41) is 0. The number of benzene rings is 4. The molecule has 0 spiro atoms. The van der Waals surface area contributed by atoms with Gasteiger partial charge in [-0.1, -0.05) is 68.5 Å². The van der Waals surface area contributed by atoms with E-state index in [-0.39, 0.29) is 12.2 Å². The standard InChI is InChI=1S/C51H55F6N2O2/c1-34(2)60-40-22-16-36(17-23-40)28-30-58-44-26-20-38(50(52,53)54)32-42(44)48(5,6)46(58)14-12-10-9-11-13-15-47-49(7,8)43-33-39(51(55,56)57)21-27-45(43)59(47)31-29-37-18-24-41(25-19-37)61-35(3)4/h9-27,32-35H,28-31H2,1-8H3/q+1. The van der Waals surface area contributed by atoms with E-state index in [4.69, 9.17) is 9.47 Å². The smallest absolute Gasteiger partial charge is 0.416 e. The van der Waals surface area contributed by atoms with Gasteiger partial charge in [-0.3, -0.25) is 0 Å². The highest BCUT2D eigenvalue weighted by Gasteiger charge is 2.46. The van der Waals surface area contributed by atoms with Crippen molar-refractivity contribution < 1.29 is 40.4 Å². The number of fused-ring (bicyclic) bond motifs is 2. The number of halogens is 6. The van der Waals surface area contributed by atoms with Crippen LogP contribution in [0.15, 0.2) is 133 Å². The molecule has 0 bridgehead atoms. The lowest BCUT2D eigenvalue weighted by Crippen LogP contribution is -2.28. The predicted molar refractivity (Wildman–Crippen MR) is 233 cm³/mol. The summed E-state index contributed by atoms with van der Waals surface area (Å²) in [6, 6.07) is 23.7. The van der Waals surface area contributed by atoms with E-state index in [1.165, 1.54) is 12.1 Å². The van der Waals surface area contributed by atoms with Crippen molar-refractivity contribution in [1.29, 1.82) is 0 Å². The molecular formula is C51H55F6N2O2+. The molecule has 0 fully saturated rings. The van der Waals surface area contributed by atoms with Crippen LogP contribution >= 0.6 is 0 Å². The molecule has 4 aromatic carbocycles. The third-order valence-corrected chi connectivity index (χ3v) is 11.2. The minimum Gasteiger partial charge on any atom is -0.491 e. The first-order valence-corrected chi connectivity index (χ1v) is 20.8. The van der Waals surface area contributed by atoms with E-state index in [0.29, 0.717) is 37.1 Å². The van der Waals surface area contributed by atoms with Gasteiger partial charge in [-0.15, -0.1) is 0 Å². The first-order chi connectivity index (χ1) is 28.7. The summed E-state index contributed by atoms with van der Waals surface area (Å²) in [5.41, 5.74) is 3.85. The third kappa shape index (κ3) is 10.3. The van der Waals surface area contributed by atoms with Gasteiger partial charge in [-0.05, 0) is 125 Å². The quantitative estimate of drug-likeness (QED) is 0.0718. The average molecular weight is 842 g/mol. The van der Waals surface area contributed by atoms with Gasteiger partial charge in [0.1, 0.15) is 11.5 Å². The maximum absolute atomic E-state index is 13.9. The fourth-order valence-electron chi connectivity index (χ4n) is 8.17. The predicted octanol–water partition coefficient (Wildman–Crippen LogP) is 13.5. The molecule has 6 rings (SSSR count). The lowest BCUT2D eigenvalue weighted by molar-refractivity contribution is -0.436. The summed E-state index contributed by atoms with van der Waals surface area (Å²) >= 11 is 0. The molecule has 0 saturated carbocycles. The number of hydrogen-bond acceptors (Lipinski definition) is 3. The lowest BCUT2D eigenvalue weighted by atomic mass is 9.80. The highest BCUT2D eigenvalue weighted by atomic mass is 19.4. The molecule has 2 heterocycles. The van der Waals surface area contributed by atoms with E-state index in [1.807, 2.05) is 146 Å². The molecule has 61 heavy (non-hydrogen) atoms. The maximum Gasteiger partial charge on any atom is 0.416 e. The van der Waals surface area contributed by atoms with Crippen molar-refractivity contribution in [3.05, 3.63) is 167 Å². The van der Waals surface area contributed by atoms with Crippen molar-refractivity contribution in [2.24, 2.45) is 0 Å². The fraction of sp³-hybridized carbons (Fsp3) is 0.353. The molecule has 4 nitrogen and oxygen atoms in total. The Balaban J connectivity index is 1.24. The topological polar surface area (TPSA) is 24.7 Å². The number of anilines is 1. The molecule has 0 aliphatic carbocycles. The Morgan fingerprint density at radius 3 is 1.67 bits per heavy atom. The van der Waals surface area contributed by atoms with Gasteiger partial charge in [0.2, 0.25) is 5.69 Å². The van der Waals surface area contributed by atoms with Crippen LogP contribution in [0.2, 0.25) is 0 Å². The second kappa shape index (κ2) is 17.8. The molecule has 10 heteroatoms. The van der Waals surface area contributed by atoms with Crippen LogP contribution in [0.4, 0.5) is 37.7 Å². The summed E-state index contributed by atoms with van der Waals surface area (Å²) in [4.78, 5) is 2.10. The van der Waals surface area contributed by atoms with Crippen molar-refractivity contribution in [3.8, 4) is 11.5 Å². The van der Waals surface area contributed by atoms with Crippen LogP contribution in [0.5, 0.6) is 11.5 Å². The zero-order chi connectivity index (χ0) is 44.3. The number of hydrogen-bond donors (Lipinski definition) is 0. The van der Waals surface area contributed by atoms with Crippen molar-refractivity contribution in [2.75, 3.05) is 18.0 Å². The summed E-state index contributed by atoms with van der Waals surface area (Å²) in [5.74, 6) is 1.56. The molecule has 0 unspecified atom stereocenters. The first-order valence-electron chi connectivity index (χ1n) is 20.8. The zero-order valence-corrected chi connectivity index (χ0v) is 36.1. The molecule has 2 aliphatic heterocycles. The van der Waals surface area contributed by atoms with Crippen molar-refractivity contribution in [2.45, 2.75) is 104 Å². The Labute approximate surface area is 356 Å². The van der Waals surface area contributed by atoms with E-state index in [0.717, 1.165) is 57.5 Å². The molecule has 0 aromatic heterocycles. The molecule has 0 atom stereocenters. The van der Waals surface area contributed by atoms with Crippen LogP contribution in [0.3, 0.4) is 0 Å². The Hall–Kier alpha value is -5.51. The molecule has 2 aliphatic rings. The monoisotopic (exact) mass is 841 g/mol. The normalized spacial score (nSPS) is 16.9. The van der Waals surface area contributed by atoms with Crippen LogP contribution in [0.25, 0.3) is 0 Å². The lowest BCUT2D eigenvalue weighted by Gasteiger charge is -2.27. The van der Waals surface area contributed by atoms with Crippen LogP contribution in [-0.2, 0) is 36.0 Å². The molecule has 322 valence electrons. The number of ether oxygens (including phenoxy) is 2. The molecule has 0 radical (unpaired) electrons. The van der Waals surface area contributed by atoms with Gasteiger partial charge >= 0.3 is 12.4 Å². The SMILES string of the molecule is CC(C)Oc1ccc(CCN2C(=CC=CC=CC=CC3=[N+](CCc4ccc(OC(C)C)cc4)c4ccc(C(F)(F)F)cc4C3(C)C)C(C)(C)c3cc(C(F)(F)F)ccc32)cc1. The maximum atomic E-state index is 13.9. The number of rotatable bonds is 14. The van der Waals surface area contributed by atoms with E-state index in [1.54, 1.807) is 12.1 Å². The molecule has 4 aromatic rings. The van der Waals surface area contributed by atoms with Gasteiger partial charge in [0.25, 0.3) is 0 Å². The average Bonchev–Trinajstić information content (AvgIpc) is 3.53. The fourth-order valence-corrected chi connectivity index (χ4v) is 8.17. The van der Waals surface area contributed by atoms with Gasteiger partial charge < -0.3 is 14.4 Å². The summed E-state index contributed by atoms with van der Waals surface area (Å²) in [6.07, 6.45) is 5.76. The van der Waals surface area contributed by atoms with Gasteiger partial charge in [0.05, 0.1) is 28.7 Å². The van der Waals surface area contributed by atoms with Gasteiger partial charge in [0.15, 0.2) is 12.3 Å². The minimum atomic E-state index is -4.46. The second-order valence-electron chi connectivity index (χ2n) is 17.2. The van der Waals surface area contributed by atoms with Gasteiger partial charge in [0, 0.05) is 47.5 Å². The van der Waals surface area contributed by atoms with E-state index >= 15 is 0 Å². The molecular weight excluding hydrogens is 787 g/mol. The molecule has 0 saturated heterocycles. The van der Waals surface area contributed by atoms with Crippen LogP contribution in [0, 0.1) is 0 Å². The Morgan fingerprint density at radius 2 is 1.11 bits per heavy atom. The molecule has 0 amide bonds. The van der Waals surface area contributed by atoms with Crippen molar-refractivity contribution in [3.63, 3.8) is 0 Å². The van der Waals surface area contributed by atoms with Crippen LogP contribution in [0.1, 0.15) is 88.8 Å². The third-order valence-electron chi connectivity index (χ3n) is 11.2. The Kier molecular flexibility index (Phi) is 13.2. The first kappa shape index (κ1) is 45.0. The second-order valence-corrected chi connectivity index (χ2v) is 17.2. The highest BCUT2D eigenvalue weighted by molar-refractivity contribution is 6.03. The number of alkyl halides is 6. The van der Waals surface area contributed by atoms with Crippen molar-refractivity contribution in [1.82, 2.24) is 0 Å². The van der Waals surface area contributed by atoms with Crippen molar-refractivity contribution >= 4 is 17.1 Å². The summed E-state index contributed by atoms with van der Waals surface area (Å²) in [6.45, 7) is 16.8. The molecule has 0 N–H and O–H groups in total. The largest absolute Gasteiger partial charge is 0.491 e. The van der Waals surface area contributed by atoms with E-state index < -0.39 is 34.3 Å². The van der Waals surface area contributed by atoms with Crippen LogP contribution in [-0.4, -0.2) is 35.6 Å². The number of allylic oxidation sites excluding steroid dienone is 8. The minimum absolute atomic E-state index is 0.0535. The number of nitrogens with zero attached hydrogens (tertiary/aromatic N) is 2. The summed E-state index contributed by atoms with van der Waals surface area (Å²) in [7, 11) is 0. The van der Waals surface area contributed by atoms with Gasteiger partial charge in [-0.25, -0.2) is 0 Å². The zero-order valence-electron chi connectivity index (χ0n) is 36.1. The van der Waals surface area contributed by atoms with E-state index in [2.05, 4.69) is 9.48 Å². The van der Waals surface area contributed by atoms with E-state index in [9.17, 15) is 26.3 Å². The highest BCUT2D eigenvalue weighted by Crippen LogP contribution is 2.49. The van der Waals surface area contributed by atoms with Gasteiger partial charge in [-0.2, -0.15) is 30.9 Å². The Morgan fingerprint density at radius 1 is 0.607 bits per heavy atom. The Bertz CT molecular complexity index is 2340. The van der Waals surface area contributed by atoms with Crippen LogP contribution < -0.4 is 14.4 Å².